The Bertz CT molecular complexity index is 454. The van der Waals surface area contributed by atoms with E-state index in [-0.39, 0.29) is 29.4 Å². The van der Waals surface area contributed by atoms with Crippen LogP contribution < -0.4 is 10.6 Å². The van der Waals surface area contributed by atoms with Crippen LogP contribution in [0.3, 0.4) is 0 Å². The number of nitrogens with one attached hydrogen (secondary N) is 2. The molecule has 0 spiro atoms. The van der Waals surface area contributed by atoms with Crippen molar-refractivity contribution >= 4 is 29.9 Å². The second kappa shape index (κ2) is 8.42. The molecule has 1 amide bonds. The minimum atomic E-state index is -0.460. The highest BCUT2D eigenvalue weighted by atomic mass is 35.5. The zero-order valence-electron chi connectivity index (χ0n) is 10.8. The number of ether oxygens (including phenoxy) is 1. The fourth-order valence-electron chi connectivity index (χ4n) is 1.88. The maximum absolute atomic E-state index is 13.0. The highest BCUT2D eigenvalue weighted by Gasteiger charge is 2.17. The van der Waals surface area contributed by atoms with Gasteiger partial charge in [0.05, 0.1) is 24.2 Å². The fourth-order valence-corrected chi connectivity index (χ4v) is 2.08. The van der Waals surface area contributed by atoms with Gasteiger partial charge in [0, 0.05) is 19.6 Å². The van der Waals surface area contributed by atoms with Crippen LogP contribution in [0.4, 0.5) is 4.39 Å². The summed E-state index contributed by atoms with van der Waals surface area (Å²) in [7, 11) is 0. The first-order chi connectivity index (χ1) is 9.15. The number of morpholine rings is 1. The van der Waals surface area contributed by atoms with Crippen molar-refractivity contribution in [3.63, 3.8) is 0 Å². The SMILES string of the molecule is Cl.O=C(CC1CNCCO1)NCc1ccc(F)c(Cl)c1. The lowest BCUT2D eigenvalue weighted by Gasteiger charge is -2.23. The molecule has 1 atom stereocenters. The van der Waals surface area contributed by atoms with Crippen LogP contribution in [0.25, 0.3) is 0 Å². The Morgan fingerprint density at radius 2 is 2.35 bits per heavy atom. The van der Waals surface area contributed by atoms with Gasteiger partial charge >= 0.3 is 0 Å². The molecule has 1 aliphatic rings. The van der Waals surface area contributed by atoms with Gasteiger partial charge in [-0.25, -0.2) is 4.39 Å². The zero-order valence-corrected chi connectivity index (χ0v) is 12.4. The second-order valence-corrected chi connectivity index (χ2v) is 4.83. The third kappa shape index (κ3) is 5.25. The van der Waals surface area contributed by atoms with Crippen molar-refractivity contribution in [2.24, 2.45) is 0 Å². The van der Waals surface area contributed by atoms with E-state index in [9.17, 15) is 9.18 Å². The molecular formula is C13H17Cl2FN2O2. The quantitative estimate of drug-likeness (QED) is 0.890. The van der Waals surface area contributed by atoms with Gasteiger partial charge in [0.15, 0.2) is 0 Å². The van der Waals surface area contributed by atoms with Gasteiger partial charge in [0.25, 0.3) is 0 Å². The summed E-state index contributed by atoms with van der Waals surface area (Å²) in [6, 6.07) is 4.40. The largest absolute Gasteiger partial charge is 0.375 e. The first-order valence-corrected chi connectivity index (χ1v) is 6.56. The topological polar surface area (TPSA) is 50.4 Å². The van der Waals surface area contributed by atoms with Gasteiger partial charge in [0.2, 0.25) is 5.91 Å². The molecule has 0 radical (unpaired) electrons. The first-order valence-electron chi connectivity index (χ1n) is 6.18. The second-order valence-electron chi connectivity index (χ2n) is 4.43. The van der Waals surface area contributed by atoms with Crippen molar-refractivity contribution < 1.29 is 13.9 Å². The van der Waals surface area contributed by atoms with Crippen LogP contribution in [0.2, 0.25) is 5.02 Å². The van der Waals surface area contributed by atoms with Crippen molar-refractivity contribution in [1.29, 1.82) is 0 Å². The van der Waals surface area contributed by atoms with Crippen LogP contribution in [0, 0.1) is 5.82 Å². The summed E-state index contributed by atoms with van der Waals surface area (Å²) in [6.45, 7) is 2.48. The maximum atomic E-state index is 13.0. The van der Waals surface area contributed by atoms with Crippen molar-refractivity contribution in [3.05, 3.63) is 34.6 Å². The number of hydrogen-bond donors (Lipinski definition) is 2. The summed E-state index contributed by atoms with van der Waals surface area (Å²) >= 11 is 5.67. The van der Waals surface area contributed by atoms with Crippen LogP contribution in [0.5, 0.6) is 0 Å². The fraction of sp³-hybridized carbons (Fsp3) is 0.462. The number of carbonyl (C=O) groups is 1. The molecule has 1 fully saturated rings. The van der Waals surface area contributed by atoms with Gasteiger partial charge in [0.1, 0.15) is 5.82 Å². The molecule has 1 aliphatic heterocycles. The first kappa shape index (κ1) is 17.2. The molecule has 1 saturated heterocycles. The molecular weight excluding hydrogens is 306 g/mol. The Morgan fingerprint density at radius 3 is 3.00 bits per heavy atom. The van der Waals surface area contributed by atoms with Crippen LogP contribution in [-0.4, -0.2) is 31.7 Å². The van der Waals surface area contributed by atoms with E-state index >= 15 is 0 Å². The Morgan fingerprint density at radius 1 is 1.55 bits per heavy atom. The number of halogens is 3. The van der Waals surface area contributed by atoms with Crippen LogP contribution in [0.1, 0.15) is 12.0 Å². The Hall–Kier alpha value is -0.880. The zero-order chi connectivity index (χ0) is 13.7. The lowest BCUT2D eigenvalue weighted by Crippen LogP contribution is -2.41. The smallest absolute Gasteiger partial charge is 0.222 e. The average Bonchev–Trinajstić information content (AvgIpc) is 2.41. The van der Waals surface area contributed by atoms with Gasteiger partial charge in [-0.05, 0) is 17.7 Å². The number of benzene rings is 1. The molecule has 0 saturated carbocycles. The monoisotopic (exact) mass is 322 g/mol. The number of amides is 1. The normalized spacial score (nSPS) is 18.2. The number of carbonyl (C=O) groups excluding carboxylic acids is 1. The summed E-state index contributed by atoms with van der Waals surface area (Å²) < 4.78 is 18.4. The van der Waals surface area contributed by atoms with Crippen LogP contribution in [0.15, 0.2) is 18.2 Å². The molecule has 0 aliphatic carbocycles. The van der Waals surface area contributed by atoms with Crippen molar-refractivity contribution in [2.75, 3.05) is 19.7 Å². The predicted octanol–water partition coefficient (Wildman–Crippen LogP) is 1.90. The molecule has 0 aromatic heterocycles. The molecule has 1 aromatic carbocycles. The summed E-state index contributed by atoms with van der Waals surface area (Å²) in [6.07, 6.45) is 0.243. The van der Waals surface area contributed by atoms with Gasteiger partial charge in [-0.3, -0.25) is 4.79 Å². The van der Waals surface area contributed by atoms with E-state index in [0.29, 0.717) is 26.1 Å². The van der Waals surface area contributed by atoms with Crippen molar-refractivity contribution in [2.45, 2.75) is 19.1 Å². The minimum absolute atomic E-state index is 0. The third-order valence-electron chi connectivity index (χ3n) is 2.89. The van der Waals surface area contributed by atoms with E-state index < -0.39 is 5.82 Å². The molecule has 1 heterocycles. The summed E-state index contributed by atoms with van der Waals surface area (Å²) in [4.78, 5) is 11.7. The third-order valence-corrected chi connectivity index (χ3v) is 3.18. The van der Waals surface area contributed by atoms with Crippen molar-refractivity contribution in [3.8, 4) is 0 Å². The molecule has 4 nitrogen and oxygen atoms in total. The Labute approximate surface area is 128 Å². The Balaban J connectivity index is 0.00000200. The average molecular weight is 323 g/mol. The maximum Gasteiger partial charge on any atom is 0.222 e. The Kier molecular flexibility index (Phi) is 7.23. The van der Waals surface area contributed by atoms with Crippen LogP contribution in [-0.2, 0) is 16.1 Å². The van der Waals surface area contributed by atoms with E-state index in [1.807, 2.05) is 0 Å². The van der Waals surface area contributed by atoms with Gasteiger partial charge in [-0.15, -0.1) is 12.4 Å². The van der Waals surface area contributed by atoms with Crippen molar-refractivity contribution in [1.82, 2.24) is 10.6 Å². The molecule has 7 heteroatoms. The predicted molar refractivity (Wildman–Crippen MR) is 77.7 cm³/mol. The van der Waals surface area contributed by atoms with E-state index in [2.05, 4.69) is 10.6 Å². The molecule has 1 aromatic rings. The van der Waals surface area contributed by atoms with E-state index in [0.717, 1.165) is 12.1 Å². The summed E-state index contributed by atoms with van der Waals surface area (Å²) in [5, 5.41) is 5.99. The lowest BCUT2D eigenvalue weighted by molar-refractivity contribution is -0.124. The van der Waals surface area contributed by atoms with Crippen LogP contribution >= 0.6 is 24.0 Å². The molecule has 0 bridgehead atoms. The lowest BCUT2D eigenvalue weighted by atomic mass is 10.2. The van der Waals surface area contributed by atoms with Gasteiger partial charge in [-0.2, -0.15) is 0 Å². The highest BCUT2D eigenvalue weighted by Crippen LogP contribution is 2.15. The summed E-state index contributed by atoms with van der Waals surface area (Å²) in [5.74, 6) is -0.549. The number of rotatable bonds is 4. The van der Waals surface area contributed by atoms with E-state index in [4.69, 9.17) is 16.3 Å². The summed E-state index contributed by atoms with van der Waals surface area (Å²) in [5.41, 5.74) is 0.766. The molecule has 2 N–H and O–H groups in total. The van der Waals surface area contributed by atoms with E-state index in [1.54, 1.807) is 6.07 Å². The molecule has 20 heavy (non-hydrogen) atoms. The number of hydrogen-bond acceptors (Lipinski definition) is 3. The minimum Gasteiger partial charge on any atom is -0.375 e. The molecule has 112 valence electrons. The highest BCUT2D eigenvalue weighted by molar-refractivity contribution is 6.30. The van der Waals surface area contributed by atoms with Gasteiger partial charge in [-0.1, -0.05) is 17.7 Å². The van der Waals surface area contributed by atoms with Gasteiger partial charge < -0.3 is 15.4 Å². The van der Waals surface area contributed by atoms with E-state index in [1.165, 1.54) is 12.1 Å². The standard InChI is InChI=1S/C13H16ClFN2O2.ClH/c14-11-5-9(1-2-12(11)15)7-17-13(18)6-10-8-16-3-4-19-10;/h1-2,5,10,16H,3-4,6-8H2,(H,17,18);1H. The molecule has 1 unspecified atom stereocenters. The molecule has 2 rings (SSSR count).